The Labute approximate surface area is 188 Å². The average molecular weight is 448 g/mol. The van der Waals surface area contributed by atoms with E-state index in [-0.39, 0.29) is 11.6 Å². The van der Waals surface area contributed by atoms with Gasteiger partial charge in [-0.05, 0) is 30.5 Å². The van der Waals surface area contributed by atoms with E-state index in [0.29, 0.717) is 23.1 Å². The lowest BCUT2D eigenvalue weighted by Crippen LogP contribution is -2.21. The minimum Gasteiger partial charge on any atom is -0.354 e. The van der Waals surface area contributed by atoms with Gasteiger partial charge in [-0.2, -0.15) is 5.10 Å². The zero-order chi connectivity index (χ0) is 22.5. The molecule has 32 heavy (non-hydrogen) atoms. The van der Waals surface area contributed by atoms with E-state index in [9.17, 15) is 4.79 Å². The fourth-order valence-corrected chi connectivity index (χ4v) is 3.76. The molecule has 0 saturated carbocycles. The zero-order valence-electron chi connectivity index (χ0n) is 17.7. The van der Waals surface area contributed by atoms with Crippen molar-refractivity contribution in [3.8, 4) is 11.4 Å². The van der Waals surface area contributed by atoms with E-state index in [0.717, 1.165) is 16.1 Å². The Hall–Kier alpha value is -3.99. The molecule has 0 aliphatic rings. The van der Waals surface area contributed by atoms with Gasteiger partial charge < -0.3 is 16.0 Å². The van der Waals surface area contributed by atoms with Crippen LogP contribution in [0.3, 0.4) is 0 Å². The molecule has 3 N–H and O–H groups in total. The first-order valence-electron chi connectivity index (χ1n) is 9.67. The summed E-state index contributed by atoms with van der Waals surface area (Å²) in [6.45, 7) is 0. The normalized spacial score (nSPS) is 10.6. The van der Waals surface area contributed by atoms with Gasteiger partial charge in [0, 0.05) is 36.8 Å². The topological polar surface area (TPSA) is 123 Å². The molecule has 3 aromatic heterocycles. The highest BCUT2D eigenvalue weighted by Crippen LogP contribution is 2.36. The van der Waals surface area contributed by atoms with Crippen molar-refractivity contribution in [3.63, 3.8) is 0 Å². The zero-order valence-corrected chi connectivity index (χ0v) is 18.5. The highest BCUT2D eigenvalue weighted by atomic mass is 32.2. The quantitative estimate of drug-likeness (QED) is 0.366. The standard InChI is InChI=1S/C21H21N9OS/c1-22-21(31)18-15(11-17(27-28-18)26-16-9-4-5-10-23-16)25-14-8-6-7-13(19(14)32-3)20-24-12-30(2)29-20/h4-12H,1-3H3,(H,22,31)(H2,23,25,26,27). The van der Waals surface area contributed by atoms with E-state index in [1.807, 2.05) is 49.7 Å². The van der Waals surface area contributed by atoms with Crippen molar-refractivity contribution in [1.29, 1.82) is 0 Å². The van der Waals surface area contributed by atoms with Gasteiger partial charge in [-0.3, -0.25) is 9.48 Å². The monoisotopic (exact) mass is 447 g/mol. The van der Waals surface area contributed by atoms with Crippen molar-refractivity contribution >= 4 is 40.7 Å². The summed E-state index contributed by atoms with van der Waals surface area (Å²) in [7, 11) is 3.38. The highest BCUT2D eigenvalue weighted by molar-refractivity contribution is 7.98. The minimum atomic E-state index is -0.349. The Morgan fingerprint density at radius 1 is 1.00 bits per heavy atom. The second-order valence-corrected chi connectivity index (χ2v) is 7.48. The molecule has 162 valence electrons. The van der Waals surface area contributed by atoms with Crippen LogP contribution in [-0.2, 0) is 7.05 Å². The van der Waals surface area contributed by atoms with Crippen molar-refractivity contribution in [2.45, 2.75) is 4.90 Å². The van der Waals surface area contributed by atoms with Crippen LogP contribution < -0.4 is 16.0 Å². The molecule has 0 aliphatic heterocycles. The van der Waals surface area contributed by atoms with Crippen LogP contribution in [0.5, 0.6) is 0 Å². The number of carbonyl (C=O) groups excluding carboxylic acids is 1. The lowest BCUT2D eigenvalue weighted by atomic mass is 10.1. The number of aryl methyl sites for hydroxylation is 1. The number of nitrogens with one attached hydrogen (secondary N) is 3. The van der Waals surface area contributed by atoms with Crippen LogP contribution in [0.2, 0.25) is 0 Å². The summed E-state index contributed by atoms with van der Waals surface area (Å²) in [5, 5.41) is 21.7. The molecule has 0 spiro atoms. The molecule has 0 aliphatic carbocycles. The van der Waals surface area contributed by atoms with Crippen LogP contribution in [0.15, 0.2) is 59.9 Å². The molecule has 11 heteroatoms. The molecule has 1 aromatic carbocycles. The van der Waals surface area contributed by atoms with Crippen LogP contribution in [-0.4, -0.2) is 49.2 Å². The molecule has 0 radical (unpaired) electrons. The first-order valence-corrected chi connectivity index (χ1v) is 10.9. The van der Waals surface area contributed by atoms with Crippen molar-refractivity contribution in [3.05, 3.63) is 60.7 Å². The molecule has 0 bridgehead atoms. The summed E-state index contributed by atoms with van der Waals surface area (Å²) in [6.07, 6.45) is 5.31. The number of amides is 1. The number of anilines is 4. The Balaban J connectivity index is 1.74. The molecular formula is C21H21N9OS. The van der Waals surface area contributed by atoms with E-state index < -0.39 is 0 Å². The molecule has 4 rings (SSSR count). The van der Waals surface area contributed by atoms with Gasteiger partial charge in [-0.15, -0.1) is 22.0 Å². The predicted molar refractivity (Wildman–Crippen MR) is 124 cm³/mol. The largest absolute Gasteiger partial charge is 0.354 e. The number of nitrogens with zero attached hydrogens (tertiary/aromatic N) is 6. The summed E-state index contributed by atoms with van der Waals surface area (Å²) < 4.78 is 1.66. The average Bonchev–Trinajstić information content (AvgIpc) is 3.25. The lowest BCUT2D eigenvalue weighted by Gasteiger charge is -2.16. The van der Waals surface area contributed by atoms with Gasteiger partial charge in [0.25, 0.3) is 5.91 Å². The first-order chi connectivity index (χ1) is 15.6. The minimum absolute atomic E-state index is 0.174. The first kappa shape index (κ1) is 21.2. The van der Waals surface area contributed by atoms with Gasteiger partial charge in [0.1, 0.15) is 12.1 Å². The second-order valence-electron chi connectivity index (χ2n) is 6.66. The molecule has 0 saturated heterocycles. The molecule has 4 aromatic rings. The summed E-state index contributed by atoms with van der Waals surface area (Å²) >= 11 is 1.56. The van der Waals surface area contributed by atoms with Crippen LogP contribution in [0, 0.1) is 0 Å². The van der Waals surface area contributed by atoms with Crippen molar-refractivity contribution in [1.82, 2.24) is 35.3 Å². The molecule has 0 fully saturated rings. The number of benzene rings is 1. The number of thioether (sulfide) groups is 1. The van der Waals surface area contributed by atoms with Crippen LogP contribution in [0.4, 0.5) is 23.0 Å². The fourth-order valence-electron chi connectivity index (χ4n) is 3.04. The number of carbonyl (C=O) groups is 1. The second kappa shape index (κ2) is 9.43. The third kappa shape index (κ3) is 4.52. The maximum atomic E-state index is 12.4. The molecule has 0 unspecified atom stereocenters. The summed E-state index contributed by atoms with van der Waals surface area (Å²) in [6, 6.07) is 13.0. The molecule has 1 amide bonds. The summed E-state index contributed by atoms with van der Waals surface area (Å²) in [4.78, 5) is 22.0. The third-order valence-corrected chi connectivity index (χ3v) is 5.33. The van der Waals surface area contributed by atoms with E-state index in [1.165, 1.54) is 0 Å². The van der Waals surface area contributed by atoms with Crippen molar-refractivity contribution < 1.29 is 4.79 Å². The van der Waals surface area contributed by atoms with Gasteiger partial charge in [0.15, 0.2) is 17.3 Å². The summed E-state index contributed by atoms with van der Waals surface area (Å²) in [5.74, 6) is 1.34. The van der Waals surface area contributed by atoms with Gasteiger partial charge in [-0.25, -0.2) is 9.97 Å². The SMILES string of the molecule is CNC(=O)c1nnc(Nc2ccccn2)cc1Nc1cccc(-c2ncn(C)n2)c1SC. The Bertz CT molecular complexity index is 1240. The van der Waals surface area contributed by atoms with E-state index in [2.05, 4.69) is 41.2 Å². The van der Waals surface area contributed by atoms with E-state index >= 15 is 0 Å². The third-order valence-electron chi connectivity index (χ3n) is 4.49. The molecule has 3 heterocycles. The predicted octanol–water partition coefficient (Wildman–Crippen LogP) is 3.24. The van der Waals surface area contributed by atoms with Crippen molar-refractivity contribution in [2.24, 2.45) is 7.05 Å². The lowest BCUT2D eigenvalue weighted by molar-refractivity contribution is 0.0958. The number of aromatic nitrogens is 6. The number of hydrogen-bond acceptors (Lipinski definition) is 9. The number of hydrogen-bond donors (Lipinski definition) is 3. The summed E-state index contributed by atoms with van der Waals surface area (Å²) in [5.41, 5.74) is 2.36. The number of pyridine rings is 1. The molecule has 0 atom stereocenters. The maximum Gasteiger partial charge on any atom is 0.273 e. The van der Waals surface area contributed by atoms with Crippen molar-refractivity contribution in [2.75, 3.05) is 23.9 Å². The van der Waals surface area contributed by atoms with Gasteiger partial charge in [0.2, 0.25) is 0 Å². The van der Waals surface area contributed by atoms with Crippen LogP contribution in [0.25, 0.3) is 11.4 Å². The van der Waals surface area contributed by atoms with Crippen LogP contribution in [0.1, 0.15) is 10.5 Å². The van der Waals surface area contributed by atoms with E-state index in [1.54, 1.807) is 42.1 Å². The Morgan fingerprint density at radius 3 is 2.56 bits per heavy atom. The number of rotatable bonds is 7. The smallest absolute Gasteiger partial charge is 0.273 e. The van der Waals surface area contributed by atoms with E-state index in [4.69, 9.17) is 0 Å². The van der Waals surface area contributed by atoms with Gasteiger partial charge in [-0.1, -0.05) is 12.1 Å². The fraction of sp³-hybridized carbons (Fsp3) is 0.143. The molecule has 10 nitrogen and oxygen atoms in total. The van der Waals surface area contributed by atoms with Gasteiger partial charge >= 0.3 is 0 Å². The Morgan fingerprint density at radius 2 is 1.88 bits per heavy atom. The molecular weight excluding hydrogens is 426 g/mol. The maximum absolute atomic E-state index is 12.4. The highest BCUT2D eigenvalue weighted by Gasteiger charge is 2.18. The van der Waals surface area contributed by atoms with Gasteiger partial charge in [0.05, 0.1) is 11.4 Å². The Kier molecular flexibility index (Phi) is 6.26. The van der Waals surface area contributed by atoms with Crippen LogP contribution >= 0.6 is 11.8 Å².